The highest BCUT2D eigenvalue weighted by Crippen LogP contribution is 2.23. The predicted octanol–water partition coefficient (Wildman–Crippen LogP) is 2.23. The van der Waals surface area contributed by atoms with Gasteiger partial charge in [0.15, 0.2) is 5.69 Å². The van der Waals surface area contributed by atoms with Gasteiger partial charge in [0.05, 0.1) is 11.1 Å². The molecule has 0 spiro atoms. The van der Waals surface area contributed by atoms with Crippen molar-refractivity contribution in [3.05, 3.63) is 65.9 Å². The summed E-state index contributed by atoms with van der Waals surface area (Å²) < 4.78 is 0. The maximum absolute atomic E-state index is 12.9. The second-order valence-electron chi connectivity index (χ2n) is 7.33. The first-order valence-electron chi connectivity index (χ1n) is 9.27. The number of rotatable bonds is 4. The number of aromatic nitrogens is 2. The van der Waals surface area contributed by atoms with E-state index in [1.165, 1.54) is 0 Å². The number of aliphatic hydroxyl groups is 1. The minimum absolute atomic E-state index is 0.0399. The van der Waals surface area contributed by atoms with Gasteiger partial charge in [-0.1, -0.05) is 48.5 Å². The SMILES string of the molecule is CC(O)(CN1CCN(C(=O)c2n[nH]c3ccccc23)CC1)c1ccccc1. The second-order valence-corrected chi connectivity index (χ2v) is 7.33. The lowest BCUT2D eigenvalue weighted by molar-refractivity contribution is 0.00166. The number of piperazine rings is 1. The standard InChI is InChI=1S/C21H24N4O2/c1-21(27,16-7-3-2-4-8-16)15-24-11-13-25(14-12-24)20(26)19-17-9-5-6-10-18(17)22-23-19/h2-10,27H,11-15H2,1H3,(H,22,23). The zero-order chi connectivity index (χ0) is 18.9. The van der Waals surface area contributed by atoms with Gasteiger partial charge in [-0.3, -0.25) is 14.8 Å². The molecule has 6 heteroatoms. The zero-order valence-corrected chi connectivity index (χ0v) is 15.4. The van der Waals surface area contributed by atoms with Gasteiger partial charge in [-0.2, -0.15) is 5.10 Å². The summed E-state index contributed by atoms with van der Waals surface area (Å²) in [6, 6.07) is 17.4. The molecular formula is C21H24N4O2. The summed E-state index contributed by atoms with van der Waals surface area (Å²) in [6.07, 6.45) is 0. The van der Waals surface area contributed by atoms with Crippen LogP contribution in [0.5, 0.6) is 0 Å². The van der Waals surface area contributed by atoms with E-state index >= 15 is 0 Å². The minimum atomic E-state index is -0.911. The number of hydrogen-bond donors (Lipinski definition) is 2. The third-order valence-corrected chi connectivity index (χ3v) is 5.26. The van der Waals surface area contributed by atoms with Gasteiger partial charge in [-0.05, 0) is 18.6 Å². The number of carbonyl (C=O) groups is 1. The Balaban J connectivity index is 1.39. The number of para-hydroxylation sites is 1. The van der Waals surface area contributed by atoms with Crippen molar-refractivity contribution >= 4 is 16.8 Å². The van der Waals surface area contributed by atoms with Gasteiger partial charge in [-0.15, -0.1) is 0 Å². The van der Waals surface area contributed by atoms with Crippen molar-refractivity contribution in [1.82, 2.24) is 20.0 Å². The number of H-pyrrole nitrogens is 1. The van der Waals surface area contributed by atoms with Gasteiger partial charge in [-0.25, -0.2) is 0 Å². The van der Waals surface area contributed by atoms with Crippen LogP contribution in [0.15, 0.2) is 54.6 Å². The Kier molecular flexibility index (Phi) is 4.68. The summed E-state index contributed by atoms with van der Waals surface area (Å²) in [5.41, 5.74) is 1.35. The molecule has 1 aromatic heterocycles. The highest BCUT2D eigenvalue weighted by atomic mass is 16.3. The van der Waals surface area contributed by atoms with Crippen molar-refractivity contribution in [2.75, 3.05) is 32.7 Å². The molecule has 2 N–H and O–H groups in total. The predicted molar refractivity (Wildman–Crippen MR) is 104 cm³/mol. The van der Waals surface area contributed by atoms with E-state index in [0.29, 0.717) is 25.3 Å². The van der Waals surface area contributed by atoms with E-state index in [1.807, 2.05) is 66.4 Å². The second kappa shape index (κ2) is 7.13. The van der Waals surface area contributed by atoms with Crippen LogP contribution in [-0.2, 0) is 5.60 Å². The molecule has 3 aromatic rings. The number of hydrogen-bond acceptors (Lipinski definition) is 4. The average Bonchev–Trinajstić information content (AvgIpc) is 3.13. The third kappa shape index (κ3) is 3.59. The van der Waals surface area contributed by atoms with E-state index in [0.717, 1.165) is 29.6 Å². The fourth-order valence-electron chi connectivity index (χ4n) is 3.71. The summed E-state index contributed by atoms with van der Waals surface area (Å²) >= 11 is 0. The van der Waals surface area contributed by atoms with E-state index in [9.17, 15) is 9.90 Å². The van der Waals surface area contributed by atoms with Crippen LogP contribution in [-0.4, -0.2) is 63.7 Å². The summed E-state index contributed by atoms with van der Waals surface area (Å²) in [5, 5.41) is 18.8. The van der Waals surface area contributed by atoms with Gasteiger partial charge >= 0.3 is 0 Å². The fraction of sp³-hybridized carbons (Fsp3) is 0.333. The van der Waals surface area contributed by atoms with Crippen LogP contribution in [0.4, 0.5) is 0 Å². The molecule has 1 aliphatic heterocycles. The Hall–Kier alpha value is -2.70. The molecular weight excluding hydrogens is 340 g/mol. The highest BCUT2D eigenvalue weighted by molar-refractivity contribution is 6.04. The van der Waals surface area contributed by atoms with Crippen LogP contribution in [0, 0.1) is 0 Å². The number of benzene rings is 2. The van der Waals surface area contributed by atoms with Gasteiger partial charge < -0.3 is 10.0 Å². The molecule has 1 atom stereocenters. The van der Waals surface area contributed by atoms with Crippen molar-refractivity contribution < 1.29 is 9.90 Å². The average molecular weight is 364 g/mol. The molecule has 1 aliphatic rings. The van der Waals surface area contributed by atoms with Gasteiger partial charge in [0.1, 0.15) is 0 Å². The van der Waals surface area contributed by atoms with E-state index in [2.05, 4.69) is 15.1 Å². The first kappa shape index (κ1) is 17.7. The monoisotopic (exact) mass is 364 g/mol. The molecule has 0 aliphatic carbocycles. The van der Waals surface area contributed by atoms with E-state index in [1.54, 1.807) is 0 Å². The molecule has 1 amide bonds. The van der Waals surface area contributed by atoms with Gasteiger partial charge in [0.25, 0.3) is 5.91 Å². The smallest absolute Gasteiger partial charge is 0.275 e. The van der Waals surface area contributed by atoms with E-state index < -0.39 is 5.60 Å². The summed E-state index contributed by atoms with van der Waals surface area (Å²) in [6.45, 7) is 5.12. The van der Waals surface area contributed by atoms with Crippen molar-refractivity contribution in [3.8, 4) is 0 Å². The van der Waals surface area contributed by atoms with Crippen molar-refractivity contribution in [1.29, 1.82) is 0 Å². The molecule has 4 rings (SSSR count). The number of nitrogens with zero attached hydrogens (tertiary/aromatic N) is 3. The van der Waals surface area contributed by atoms with E-state index in [-0.39, 0.29) is 5.91 Å². The Morgan fingerprint density at radius 3 is 2.48 bits per heavy atom. The molecule has 1 unspecified atom stereocenters. The molecule has 140 valence electrons. The fourth-order valence-corrected chi connectivity index (χ4v) is 3.71. The van der Waals surface area contributed by atoms with Crippen LogP contribution in [0.1, 0.15) is 23.0 Å². The number of nitrogens with one attached hydrogen (secondary N) is 1. The van der Waals surface area contributed by atoms with Crippen LogP contribution in [0.2, 0.25) is 0 Å². The zero-order valence-electron chi connectivity index (χ0n) is 15.4. The van der Waals surface area contributed by atoms with Crippen LogP contribution < -0.4 is 0 Å². The van der Waals surface area contributed by atoms with Crippen LogP contribution >= 0.6 is 0 Å². The Morgan fingerprint density at radius 2 is 1.74 bits per heavy atom. The normalized spacial score (nSPS) is 17.8. The molecule has 1 saturated heterocycles. The molecule has 0 saturated carbocycles. The lowest BCUT2D eigenvalue weighted by Crippen LogP contribution is -2.52. The van der Waals surface area contributed by atoms with Crippen molar-refractivity contribution in [2.45, 2.75) is 12.5 Å². The van der Waals surface area contributed by atoms with Gasteiger partial charge in [0, 0.05) is 38.1 Å². The highest BCUT2D eigenvalue weighted by Gasteiger charge is 2.30. The lowest BCUT2D eigenvalue weighted by Gasteiger charge is -2.38. The molecule has 0 radical (unpaired) electrons. The molecule has 6 nitrogen and oxygen atoms in total. The Labute approximate surface area is 158 Å². The first-order valence-corrected chi connectivity index (χ1v) is 9.27. The van der Waals surface area contributed by atoms with Crippen molar-refractivity contribution in [2.24, 2.45) is 0 Å². The summed E-state index contributed by atoms with van der Waals surface area (Å²) in [7, 11) is 0. The quantitative estimate of drug-likeness (QED) is 0.745. The Morgan fingerprint density at radius 1 is 1.07 bits per heavy atom. The minimum Gasteiger partial charge on any atom is -0.384 e. The number of amides is 1. The lowest BCUT2D eigenvalue weighted by atomic mass is 9.95. The summed E-state index contributed by atoms with van der Waals surface area (Å²) in [4.78, 5) is 16.9. The van der Waals surface area contributed by atoms with Gasteiger partial charge in [0.2, 0.25) is 0 Å². The first-order chi connectivity index (χ1) is 13.0. The van der Waals surface area contributed by atoms with Crippen LogP contribution in [0.3, 0.4) is 0 Å². The number of aromatic amines is 1. The largest absolute Gasteiger partial charge is 0.384 e. The molecule has 2 heterocycles. The number of β-amino-alcohol motifs (C(OH)–C–C–N with tert-alkyl or cyclic N) is 1. The molecule has 0 bridgehead atoms. The Bertz CT molecular complexity index is 928. The number of fused-ring (bicyclic) bond motifs is 1. The molecule has 2 aromatic carbocycles. The maximum atomic E-state index is 12.9. The maximum Gasteiger partial charge on any atom is 0.275 e. The van der Waals surface area contributed by atoms with Crippen LogP contribution in [0.25, 0.3) is 10.9 Å². The summed E-state index contributed by atoms with van der Waals surface area (Å²) in [5.74, 6) is -0.0399. The van der Waals surface area contributed by atoms with E-state index in [4.69, 9.17) is 0 Å². The van der Waals surface area contributed by atoms with Crippen molar-refractivity contribution in [3.63, 3.8) is 0 Å². The molecule has 1 fully saturated rings. The molecule has 27 heavy (non-hydrogen) atoms. The topological polar surface area (TPSA) is 72.5 Å². The third-order valence-electron chi connectivity index (χ3n) is 5.26. The number of carbonyl (C=O) groups excluding carboxylic acids is 1.